The maximum atomic E-state index is 12.8. The number of amides is 1. The van der Waals surface area contributed by atoms with Crippen molar-refractivity contribution in [1.82, 2.24) is 19.7 Å². The lowest BCUT2D eigenvalue weighted by Gasteiger charge is -2.36. The molecule has 1 aromatic rings. The summed E-state index contributed by atoms with van der Waals surface area (Å²) in [5, 5.41) is 8.83. The lowest BCUT2D eigenvalue weighted by molar-refractivity contribution is -0.134. The molecule has 1 aliphatic rings. The summed E-state index contributed by atoms with van der Waals surface area (Å²) in [5.41, 5.74) is 0. The van der Waals surface area contributed by atoms with Crippen molar-refractivity contribution in [2.75, 3.05) is 20.3 Å². The number of likely N-dealkylation sites (tertiary alicyclic amines) is 1. The van der Waals surface area contributed by atoms with E-state index < -0.39 is 0 Å². The van der Waals surface area contributed by atoms with Crippen LogP contribution in [-0.2, 0) is 16.1 Å². The van der Waals surface area contributed by atoms with Crippen molar-refractivity contribution in [1.29, 1.82) is 0 Å². The first-order chi connectivity index (χ1) is 11.2. The van der Waals surface area contributed by atoms with Gasteiger partial charge >= 0.3 is 0 Å². The van der Waals surface area contributed by atoms with Gasteiger partial charge in [-0.15, -0.1) is 10.2 Å². The van der Waals surface area contributed by atoms with Gasteiger partial charge in [-0.1, -0.05) is 18.7 Å². The molecular weight excluding hydrogens is 312 g/mol. The van der Waals surface area contributed by atoms with Crippen LogP contribution in [0, 0.1) is 0 Å². The summed E-state index contributed by atoms with van der Waals surface area (Å²) in [5.74, 6) is 0.230. The summed E-state index contributed by atoms with van der Waals surface area (Å²) in [4.78, 5) is 14.9. The minimum absolute atomic E-state index is 0.132. The molecule has 2 atom stereocenters. The number of nitrogens with zero attached hydrogens (tertiary/aromatic N) is 4. The second kappa shape index (κ2) is 9.27. The van der Waals surface area contributed by atoms with Gasteiger partial charge in [0.25, 0.3) is 0 Å². The van der Waals surface area contributed by atoms with Gasteiger partial charge in [0.15, 0.2) is 5.16 Å². The predicted octanol–water partition coefficient (Wildman–Crippen LogP) is 2.59. The molecule has 0 saturated carbocycles. The fourth-order valence-electron chi connectivity index (χ4n) is 3.03. The van der Waals surface area contributed by atoms with Crippen LogP contribution in [0.25, 0.3) is 0 Å². The van der Waals surface area contributed by atoms with Gasteiger partial charge in [-0.3, -0.25) is 4.79 Å². The Labute approximate surface area is 143 Å². The van der Waals surface area contributed by atoms with Gasteiger partial charge in [0, 0.05) is 32.8 Å². The number of piperidine rings is 1. The van der Waals surface area contributed by atoms with Crippen LogP contribution in [0.1, 0.15) is 46.0 Å². The molecule has 2 heterocycles. The van der Waals surface area contributed by atoms with Gasteiger partial charge in [0.1, 0.15) is 6.33 Å². The molecule has 0 spiro atoms. The SMILES string of the molecule is CCC1CCCCN1C(=O)C(C)Sc1nncn1CCCOC. The number of ether oxygens (including phenoxy) is 1. The van der Waals surface area contributed by atoms with E-state index in [-0.39, 0.29) is 11.2 Å². The lowest BCUT2D eigenvalue weighted by atomic mass is 10.00. The Kier molecular flexibility index (Phi) is 7.36. The van der Waals surface area contributed by atoms with Gasteiger partial charge in [-0.25, -0.2) is 0 Å². The molecule has 0 N–H and O–H groups in total. The molecule has 1 aromatic heterocycles. The van der Waals surface area contributed by atoms with Crippen LogP contribution in [0.2, 0.25) is 0 Å². The Morgan fingerprint density at radius 3 is 3.09 bits per heavy atom. The van der Waals surface area contributed by atoms with Gasteiger partial charge in [0.2, 0.25) is 5.91 Å². The standard InChI is InChI=1S/C16H28N4O2S/c1-4-14-8-5-6-10-20(14)15(21)13(2)23-16-18-17-12-19(16)9-7-11-22-3/h12-14H,4-11H2,1-3H3. The average molecular weight is 340 g/mol. The van der Waals surface area contributed by atoms with Gasteiger partial charge in [-0.2, -0.15) is 0 Å². The third kappa shape index (κ3) is 4.94. The molecule has 0 aliphatic carbocycles. The lowest BCUT2D eigenvalue weighted by Crippen LogP contribution is -2.46. The number of rotatable bonds is 8. The van der Waals surface area contributed by atoms with E-state index in [0.717, 1.165) is 43.9 Å². The normalized spacial score (nSPS) is 19.8. The first-order valence-electron chi connectivity index (χ1n) is 8.51. The van der Waals surface area contributed by atoms with E-state index in [1.807, 2.05) is 11.5 Å². The summed E-state index contributed by atoms with van der Waals surface area (Å²) in [6.07, 6.45) is 7.16. The highest BCUT2D eigenvalue weighted by Crippen LogP contribution is 2.26. The van der Waals surface area contributed by atoms with Crippen LogP contribution in [0.3, 0.4) is 0 Å². The van der Waals surface area contributed by atoms with E-state index in [9.17, 15) is 4.79 Å². The monoisotopic (exact) mass is 340 g/mol. The quantitative estimate of drug-likeness (QED) is 0.538. The minimum Gasteiger partial charge on any atom is -0.385 e. The summed E-state index contributed by atoms with van der Waals surface area (Å²) < 4.78 is 7.08. The number of carbonyl (C=O) groups excluding carboxylic acids is 1. The Hall–Kier alpha value is -1.08. The highest BCUT2D eigenvalue weighted by Gasteiger charge is 2.29. The van der Waals surface area contributed by atoms with Gasteiger partial charge in [-0.05, 0) is 39.0 Å². The topological polar surface area (TPSA) is 60.2 Å². The van der Waals surface area contributed by atoms with E-state index >= 15 is 0 Å². The van der Waals surface area contributed by atoms with Crippen LogP contribution in [0.15, 0.2) is 11.5 Å². The zero-order valence-corrected chi connectivity index (χ0v) is 15.2. The number of aryl methyl sites for hydroxylation is 1. The van der Waals surface area contributed by atoms with Crippen molar-refractivity contribution in [2.45, 2.75) is 68.9 Å². The Balaban J connectivity index is 1.94. The molecule has 2 rings (SSSR count). The second-order valence-corrected chi connectivity index (χ2v) is 7.31. The number of aromatic nitrogens is 3. The van der Waals surface area contributed by atoms with Crippen LogP contribution >= 0.6 is 11.8 Å². The van der Waals surface area contributed by atoms with E-state index in [1.54, 1.807) is 13.4 Å². The number of methoxy groups -OCH3 is 1. The third-order valence-electron chi connectivity index (χ3n) is 4.34. The second-order valence-electron chi connectivity index (χ2n) is 6.00. The number of carbonyl (C=O) groups is 1. The molecule has 1 aliphatic heterocycles. The maximum absolute atomic E-state index is 12.8. The number of thioether (sulfide) groups is 1. The average Bonchev–Trinajstić information content (AvgIpc) is 3.01. The highest BCUT2D eigenvalue weighted by molar-refractivity contribution is 8.00. The van der Waals surface area contributed by atoms with Crippen molar-refractivity contribution >= 4 is 17.7 Å². The van der Waals surface area contributed by atoms with Crippen LogP contribution < -0.4 is 0 Å². The Morgan fingerprint density at radius 1 is 1.52 bits per heavy atom. The third-order valence-corrected chi connectivity index (χ3v) is 5.42. The molecule has 0 bridgehead atoms. The molecule has 2 unspecified atom stereocenters. The Morgan fingerprint density at radius 2 is 2.35 bits per heavy atom. The zero-order chi connectivity index (χ0) is 16.7. The first kappa shape index (κ1) is 18.3. The summed E-state index contributed by atoms with van der Waals surface area (Å²) in [7, 11) is 1.70. The van der Waals surface area contributed by atoms with Crippen LogP contribution in [0.4, 0.5) is 0 Å². The summed E-state index contributed by atoms with van der Waals surface area (Å²) in [6.45, 7) is 6.56. The first-order valence-corrected chi connectivity index (χ1v) is 9.39. The van der Waals surface area contributed by atoms with E-state index in [0.29, 0.717) is 12.6 Å². The summed E-state index contributed by atoms with van der Waals surface area (Å²) >= 11 is 1.51. The van der Waals surface area contributed by atoms with Crippen molar-refractivity contribution in [3.63, 3.8) is 0 Å². The molecule has 0 radical (unpaired) electrons. The van der Waals surface area contributed by atoms with E-state index in [4.69, 9.17) is 4.74 Å². The van der Waals surface area contributed by atoms with E-state index in [1.165, 1.54) is 18.2 Å². The largest absolute Gasteiger partial charge is 0.385 e. The molecule has 1 amide bonds. The summed E-state index contributed by atoms with van der Waals surface area (Å²) in [6, 6.07) is 0.402. The molecule has 1 fully saturated rings. The fraction of sp³-hybridized carbons (Fsp3) is 0.812. The zero-order valence-electron chi connectivity index (χ0n) is 14.4. The molecular formula is C16H28N4O2S. The van der Waals surface area contributed by atoms with Crippen molar-refractivity contribution in [3.05, 3.63) is 6.33 Å². The maximum Gasteiger partial charge on any atom is 0.236 e. The smallest absolute Gasteiger partial charge is 0.236 e. The van der Waals surface area contributed by atoms with Crippen molar-refractivity contribution < 1.29 is 9.53 Å². The van der Waals surface area contributed by atoms with E-state index in [2.05, 4.69) is 22.0 Å². The minimum atomic E-state index is -0.132. The van der Waals surface area contributed by atoms with Crippen LogP contribution in [-0.4, -0.2) is 57.1 Å². The van der Waals surface area contributed by atoms with Gasteiger partial charge < -0.3 is 14.2 Å². The number of hydrogen-bond acceptors (Lipinski definition) is 5. The molecule has 1 saturated heterocycles. The van der Waals surface area contributed by atoms with Crippen molar-refractivity contribution in [2.24, 2.45) is 0 Å². The Bertz CT molecular complexity index is 494. The molecule has 23 heavy (non-hydrogen) atoms. The number of hydrogen-bond donors (Lipinski definition) is 0. The molecule has 130 valence electrons. The molecule has 0 aromatic carbocycles. The van der Waals surface area contributed by atoms with Gasteiger partial charge in [0.05, 0.1) is 5.25 Å². The molecule has 7 heteroatoms. The fourth-order valence-corrected chi connectivity index (χ4v) is 3.95. The predicted molar refractivity (Wildman–Crippen MR) is 91.5 cm³/mol. The molecule has 6 nitrogen and oxygen atoms in total. The van der Waals surface area contributed by atoms with Crippen molar-refractivity contribution in [3.8, 4) is 0 Å². The van der Waals surface area contributed by atoms with Crippen LogP contribution in [0.5, 0.6) is 0 Å². The highest BCUT2D eigenvalue weighted by atomic mass is 32.2.